The van der Waals surface area contributed by atoms with Gasteiger partial charge >= 0.3 is 0 Å². The van der Waals surface area contributed by atoms with Crippen LogP contribution in [-0.2, 0) is 9.59 Å². The van der Waals surface area contributed by atoms with Gasteiger partial charge in [-0.3, -0.25) is 9.59 Å². The van der Waals surface area contributed by atoms with Crippen molar-refractivity contribution in [1.82, 2.24) is 16.0 Å². The molecular formula is C24H33Cl2N3O4. The van der Waals surface area contributed by atoms with Crippen LogP contribution in [0.25, 0.3) is 0 Å². The van der Waals surface area contributed by atoms with Gasteiger partial charge < -0.3 is 25.8 Å². The van der Waals surface area contributed by atoms with Crippen LogP contribution in [0.4, 0.5) is 0 Å². The fourth-order valence-electron chi connectivity index (χ4n) is 5.46. The molecule has 0 radical (unpaired) electrons. The van der Waals surface area contributed by atoms with Crippen LogP contribution in [0.1, 0.15) is 58.8 Å². The van der Waals surface area contributed by atoms with Crippen molar-refractivity contribution in [2.75, 3.05) is 13.2 Å². The summed E-state index contributed by atoms with van der Waals surface area (Å²) in [6.45, 7) is 4.38. The minimum Gasteiger partial charge on any atom is -0.484 e. The van der Waals surface area contributed by atoms with E-state index in [9.17, 15) is 14.7 Å². The van der Waals surface area contributed by atoms with Crippen molar-refractivity contribution >= 4 is 35.0 Å². The molecule has 0 spiro atoms. The average Bonchev–Trinajstić information content (AvgIpc) is 2.70. The number of aliphatic hydroxyl groups is 1. The van der Waals surface area contributed by atoms with Crippen molar-refractivity contribution in [2.24, 2.45) is 5.92 Å². The zero-order valence-electron chi connectivity index (χ0n) is 19.2. The normalized spacial score (nSPS) is 30.6. The van der Waals surface area contributed by atoms with Crippen molar-refractivity contribution in [3.63, 3.8) is 0 Å². The highest BCUT2D eigenvalue weighted by molar-refractivity contribution is 6.42. The smallest absolute Gasteiger partial charge is 0.258 e. The van der Waals surface area contributed by atoms with Gasteiger partial charge in [0.05, 0.1) is 21.7 Å². The Balaban J connectivity index is 1.18. The van der Waals surface area contributed by atoms with Gasteiger partial charge in [-0.25, -0.2) is 0 Å². The summed E-state index contributed by atoms with van der Waals surface area (Å²) >= 11 is 11.9. The van der Waals surface area contributed by atoms with Crippen LogP contribution < -0.4 is 20.7 Å². The zero-order chi connectivity index (χ0) is 23.9. The number of hydrogen-bond donors (Lipinski definition) is 4. The fourth-order valence-corrected chi connectivity index (χ4v) is 5.75. The van der Waals surface area contributed by atoms with E-state index in [1.54, 1.807) is 18.2 Å². The molecule has 9 heteroatoms. The Bertz CT molecular complexity index is 898. The van der Waals surface area contributed by atoms with Gasteiger partial charge in [0.1, 0.15) is 5.75 Å². The summed E-state index contributed by atoms with van der Waals surface area (Å²) in [6, 6.07) is 4.69. The maximum atomic E-state index is 12.9. The molecule has 1 heterocycles. The molecule has 1 aromatic carbocycles. The minimum atomic E-state index is -0.667. The maximum absolute atomic E-state index is 12.9. The summed E-state index contributed by atoms with van der Waals surface area (Å²) in [5, 5.41) is 20.4. The third-order valence-electron chi connectivity index (χ3n) is 7.08. The predicted molar refractivity (Wildman–Crippen MR) is 128 cm³/mol. The molecule has 1 saturated heterocycles. The van der Waals surface area contributed by atoms with Gasteiger partial charge in [0, 0.05) is 17.1 Å². The third-order valence-corrected chi connectivity index (χ3v) is 7.82. The molecule has 0 aromatic heterocycles. The summed E-state index contributed by atoms with van der Waals surface area (Å²) in [4.78, 5) is 25.2. The Morgan fingerprint density at radius 1 is 1.18 bits per heavy atom. The van der Waals surface area contributed by atoms with E-state index >= 15 is 0 Å². The lowest BCUT2D eigenvalue weighted by atomic mass is 9.44. The number of halogens is 2. The van der Waals surface area contributed by atoms with E-state index in [0.717, 1.165) is 51.5 Å². The summed E-state index contributed by atoms with van der Waals surface area (Å²) in [6.07, 6.45) is 5.75. The third kappa shape index (κ3) is 5.94. The first kappa shape index (κ1) is 24.6. The van der Waals surface area contributed by atoms with Crippen LogP contribution in [0, 0.1) is 5.92 Å². The summed E-state index contributed by atoms with van der Waals surface area (Å²) in [5.74, 6) is 0.791. The molecule has 2 bridgehead atoms. The van der Waals surface area contributed by atoms with Crippen molar-refractivity contribution in [1.29, 1.82) is 0 Å². The first-order valence-electron chi connectivity index (χ1n) is 11.6. The average molecular weight is 498 g/mol. The Hall–Kier alpha value is -1.54. The Morgan fingerprint density at radius 3 is 2.55 bits per heavy atom. The van der Waals surface area contributed by atoms with Crippen molar-refractivity contribution < 1.29 is 19.4 Å². The van der Waals surface area contributed by atoms with Gasteiger partial charge in [-0.1, -0.05) is 23.2 Å². The standard InChI is InChI=1S/C24H33Cl2N3O4/c1-22(2,32)7-5-15-6-8-27-19(9-15)21(31)29-24-12-23(13-24,14-24)28-20(30)11-33-16-3-4-17(25)18(26)10-16/h3-4,10,15,19,27,32H,5-9,11-14H2,1-2H3,(H,28,30)(H,29,31). The first-order valence-corrected chi connectivity index (χ1v) is 12.4. The molecule has 3 saturated carbocycles. The quantitative estimate of drug-likeness (QED) is 0.419. The van der Waals surface area contributed by atoms with E-state index in [4.69, 9.17) is 27.9 Å². The number of amides is 2. The van der Waals surface area contributed by atoms with Crippen molar-refractivity contribution in [2.45, 2.75) is 81.5 Å². The molecule has 5 rings (SSSR count). The van der Waals surface area contributed by atoms with E-state index in [0.29, 0.717) is 21.7 Å². The SMILES string of the molecule is CC(C)(O)CCC1CCNC(C(=O)NC23CC(NC(=O)COc4ccc(Cl)c(Cl)c4)(C2)C3)C1. The summed E-state index contributed by atoms with van der Waals surface area (Å²) < 4.78 is 5.51. The maximum Gasteiger partial charge on any atom is 0.258 e. The summed E-state index contributed by atoms with van der Waals surface area (Å²) in [5.41, 5.74) is -1.10. The van der Waals surface area contributed by atoms with Gasteiger partial charge in [0.15, 0.2) is 6.61 Å². The second-order valence-corrected chi connectivity index (χ2v) is 11.6. The molecule has 3 aliphatic carbocycles. The number of nitrogens with one attached hydrogen (secondary N) is 3. The predicted octanol–water partition coefficient (Wildman–Crippen LogP) is 3.20. The van der Waals surface area contributed by atoms with Gasteiger partial charge in [0.25, 0.3) is 5.91 Å². The van der Waals surface area contributed by atoms with Crippen LogP contribution in [-0.4, -0.2) is 52.8 Å². The number of carbonyl (C=O) groups is 2. The number of hydrogen-bond acceptors (Lipinski definition) is 5. The molecule has 33 heavy (non-hydrogen) atoms. The second-order valence-electron chi connectivity index (χ2n) is 10.7. The largest absolute Gasteiger partial charge is 0.484 e. The number of benzene rings is 1. The van der Waals surface area contributed by atoms with E-state index < -0.39 is 5.60 Å². The molecular weight excluding hydrogens is 465 g/mol. The second kappa shape index (κ2) is 9.25. The number of piperidine rings is 1. The lowest BCUT2D eigenvalue weighted by Gasteiger charge is -2.70. The highest BCUT2D eigenvalue weighted by Crippen LogP contribution is 2.60. The van der Waals surface area contributed by atoms with Crippen molar-refractivity contribution in [3.05, 3.63) is 28.2 Å². The van der Waals surface area contributed by atoms with Crippen LogP contribution >= 0.6 is 23.2 Å². The molecule has 182 valence electrons. The molecule has 4 fully saturated rings. The Kier molecular flexibility index (Phi) is 6.89. The fraction of sp³-hybridized carbons (Fsp3) is 0.667. The molecule has 2 atom stereocenters. The van der Waals surface area contributed by atoms with Crippen LogP contribution in [0.5, 0.6) is 5.75 Å². The van der Waals surface area contributed by atoms with Crippen molar-refractivity contribution in [3.8, 4) is 5.75 Å². The molecule has 1 aromatic rings. The molecule has 7 nitrogen and oxygen atoms in total. The lowest BCUT2D eigenvalue weighted by molar-refractivity contribution is -0.151. The van der Waals surface area contributed by atoms with E-state index in [-0.39, 0.29) is 35.5 Å². The zero-order valence-corrected chi connectivity index (χ0v) is 20.7. The number of carbonyl (C=O) groups excluding carboxylic acids is 2. The van der Waals surface area contributed by atoms with Gasteiger partial charge in [-0.2, -0.15) is 0 Å². The number of ether oxygens (including phenoxy) is 1. The van der Waals surface area contributed by atoms with Crippen LogP contribution in [0.15, 0.2) is 18.2 Å². The minimum absolute atomic E-state index is 0.0468. The monoisotopic (exact) mass is 497 g/mol. The highest BCUT2D eigenvalue weighted by Gasteiger charge is 2.69. The first-order chi connectivity index (χ1) is 15.5. The van der Waals surface area contributed by atoms with E-state index in [2.05, 4.69) is 16.0 Å². The van der Waals surface area contributed by atoms with Gasteiger partial charge in [-0.05, 0) is 83.4 Å². The lowest BCUT2D eigenvalue weighted by Crippen LogP contribution is -2.84. The van der Waals surface area contributed by atoms with Gasteiger partial charge in [0.2, 0.25) is 5.91 Å². The van der Waals surface area contributed by atoms with Crippen LogP contribution in [0.2, 0.25) is 10.0 Å². The molecule has 4 aliphatic rings. The number of rotatable bonds is 9. The van der Waals surface area contributed by atoms with Gasteiger partial charge in [-0.15, -0.1) is 0 Å². The highest BCUT2D eigenvalue weighted by atomic mass is 35.5. The van der Waals surface area contributed by atoms with E-state index in [1.165, 1.54) is 0 Å². The van der Waals surface area contributed by atoms with Crippen LogP contribution in [0.3, 0.4) is 0 Å². The molecule has 1 aliphatic heterocycles. The molecule has 2 unspecified atom stereocenters. The van der Waals surface area contributed by atoms with E-state index in [1.807, 2.05) is 13.8 Å². The molecule has 2 amide bonds. The molecule has 4 N–H and O–H groups in total. The Labute approximate surface area is 204 Å². The topological polar surface area (TPSA) is 99.7 Å². The Morgan fingerprint density at radius 2 is 1.88 bits per heavy atom. The summed E-state index contributed by atoms with van der Waals surface area (Å²) in [7, 11) is 0.